The number of hydrogen-bond donors (Lipinski definition) is 1. The largest absolute Gasteiger partial charge is 0.490 e. The van der Waals surface area contributed by atoms with Crippen LogP contribution in [0.1, 0.15) is 12.5 Å². The maximum Gasteiger partial charge on any atom is 0.335 e. The fourth-order valence-corrected chi connectivity index (χ4v) is 2.90. The number of carbonyl (C=O) groups excluding carboxylic acids is 3. The third-order valence-electron chi connectivity index (χ3n) is 4.31. The van der Waals surface area contributed by atoms with Crippen LogP contribution >= 0.6 is 0 Å². The molecule has 162 valence electrons. The number of nitrogens with one attached hydrogen (secondary N) is 1. The van der Waals surface area contributed by atoms with Crippen LogP contribution in [0.15, 0.2) is 48.0 Å². The lowest BCUT2D eigenvalue weighted by Crippen LogP contribution is -2.54. The molecular formula is C22H17N3O7. The molecule has 0 spiro atoms. The normalized spacial score (nSPS) is 14.7. The summed E-state index contributed by atoms with van der Waals surface area (Å²) in [5.41, 5.74) is 0.00583. The molecule has 3 rings (SSSR count). The van der Waals surface area contributed by atoms with Gasteiger partial charge in [0, 0.05) is 12.1 Å². The van der Waals surface area contributed by atoms with E-state index in [4.69, 9.17) is 15.9 Å². The second-order valence-corrected chi connectivity index (χ2v) is 6.36. The SMILES string of the molecule is C#CCOc1ccc(/C=C2/C(=O)NC(=O)N(c3ccc([N+](=O)[O-])cc3)C2=O)cc1OCC. The minimum Gasteiger partial charge on any atom is -0.490 e. The second-order valence-electron chi connectivity index (χ2n) is 6.36. The molecule has 0 aromatic heterocycles. The summed E-state index contributed by atoms with van der Waals surface area (Å²) in [6.45, 7) is 2.16. The van der Waals surface area contributed by atoms with E-state index in [2.05, 4.69) is 11.2 Å². The van der Waals surface area contributed by atoms with Gasteiger partial charge in [0.05, 0.1) is 17.2 Å². The summed E-state index contributed by atoms with van der Waals surface area (Å²) in [6, 6.07) is 8.57. The number of benzene rings is 2. The van der Waals surface area contributed by atoms with Crippen LogP contribution in [0, 0.1) is 22.5 Å². The Bertz CT molecular complexity index is 1160. The molecule has 1 heterocycles. The fraction of sp³-hybridized carbons (Fsp3) is 0.136. The number of anilines is 1. The van der Waals surface area contributed by atoms with Gasteiger partial charge in [-0.05, 0) is 42.8 Å². The fourth-order valence-electron chi connectivity index (χ4n) is 2.90. The zero-order valence-corrected chi connectivity index (χ0v) is 16.9. The Kier molecular flexibility index (Phi) is 6.50. The monoisotopic (exact) mass is 435 g/mol. The van der Waals surface area contributed by atoms with E-state index in [1.165, 1.54) is 18.2 Å². The highest BCUT2D eigenvalue weighted by Crippen LogP contribution is 2.30. The van der Waals surface area contributed by atoms with Gasteiger partial charge in [-0.15, -0.1) is 6.42 Å². The number of rotatable bonds is 7. The van der Waals surface area contributed by atoms with Crippen LogP contribution in [0.5, 0.6) is 11.5 Å². The third-order valence-corrected chi connectivity index (χ3v) is 4.31. The summed E-state index contributed by atoms with van der Waals surface area (Å²) in [5.74, 6) is 1.36. The van der Waals surface area contributed by atoms with Crippen molar-refractivity contribution in [3.63, 3.8) is 0 Å². The number of imide groups is 2. The van der Waals surface area contributed by atoms with E-state index in [1.54, 1.807) is 25.1 Å². The average molecular weight is 435 g/mol. The molecule has 4 amide bonds. The van der Waals surface area contributed by atoms with E-state index in [1.807, 2.05) is 0 Å². The Morgan fingerprint density at radius 2 is 1.84 bits per heavy atom. The van der Waals surface area contributed by atoms with Gasteiger partial charge in [0.2, 0.25) is 0 Å². The van der Waals surface area contributed by atoms with Gasteiger partial charge >= 0.3 is 6.03 Å². The summed E-state index contributed by atoms with van der Waals surface area (Å²) in [6.07, 6.45) is 6.51. The van der Waals surface area contributed by atoms with Crippen LogP contribution in [0.4, 0.5) is 16.2 Å². The number of barbiturate groups is 1. The van der Waals surface area contributed by atoms with Crippen molar-refractivity contribution >= 4 is 35.3 Å². The van der Waals surface area contributed by atoms with Crippen LogP contribution in [-0.2, 0) is 9.59 Å². The summed E-state index contributed by atoms with van der Waals surface area (Å²) in [5, 5.41) is 12.9. The van der Waals surface area contributed by atoms with Crippen molar-refractivity contribution in [2.75, 3.05) is 18.1 Å². The van der Waals surface area contributed by atoms with Crippen molar-refractivity contribution < 1.29 is 28.8 Å². The number of nitro groups is 1. The van der Waals surface area contributed by atoms with Crippen molar-refractivity contribution in [3.8, 4) is 23.8 Å². The molecule has 2 aromatic carbocycles. The maximum atomic E-state index is 13.0. The van der Waals surface area contributed by atoms with E-state index in [0.29, 0.717) is 23.7 Å². The molecule has 1 saturated heterocycles. The molecule has 0 unspecified atom stereocenters. The van der Waals surface area contributed by atoms with Crippen LogP contribution < -0.4 is 19.7 Å². The van der Waals surface area contributed by atoms with E-state index in [9.17, 15) is 24.5 Å². The van der Waals surface area contributed by atoms with Crippen molar-refractivity contribution in [1.29, 1.82) is 0 Å². The average Bonchev–Trinajstić information content (AvgIpc) is 2.76. The summed E-state index contributed by atoms with van der Waals surface area (Å²) in [4.78, 5) is 48.5. The summed E-state index contributed by atoms with van der Waals surface area (Å²) >= 11 is 0. The number of non-ortho nitro benzene ring substituents is 1. The van der Waals surface area contributed by atoms with Crippen LogP contribution in [0.25, 0.3) is 6.08 Å². The zero-order chi connectivity index (χ0) is 23.3. The Morgan fingerprint density at radius 3 is 2.47 bits per heavy atom. The van der Waals surface area contributed by atoms with E-state index >= 15 is 0 Å². The number of ether oxygens (including phenoxy) is 2. The first-order valence-corrected chi connectivity index (χ1v) is 9.34. The third kappa shape index (κ3) is 4.57. The lowest BCUT2D eigenvalue weighted by atomic mass is 10.1. The Balaban J connectivity index is 1.96. The number of hydrogen-bond acceptors (Lipinski definition) is 7. The molecule has 2 aromatic rings. The highest BCUT2D eigenvalue weighted by atomic mass is 16.6. The number of terminal acetylenes is 1. The molecule has 0 aliphatic carbocycles. The first-order chi connectivity index (χ1) is 15.3. The first kappa shape index (κ1) is 22.0. The van der Waals surface area contributed by atoms with Gasteiger partial charge in [-0.3, -0.25) is 25.0 Å². The molecule has 1 aliphatic heterocycles. The molecule has 1 N–H and O–H groups in total. The number of nitrogens with zero attached hydrogens (tertiary/aromatic N) is 2. The van der Waals surface area contributed by atoms with Crippen molar-refractivity contribution in [2.24, 2.45) is 0 Å². The molecule has 1 aliphatic rings. The molecule has 0 radical (unpaired) electrons. The number of nitro benzene ring substituents is 1. The van der Waals surface area contributed by atoms with Gasteiger partial charge in [-0.2, -0.15) is 0 Å². The minimum absolute atomic E-state index is 0.0354. The number of urea groups is 1. The van der Waals surface area contributed by atoms with Crippen LogP contribution in [0.3, 0.4) is 0 Å². The molecule has 0 saturated carbocycles. The first-order valence-electron chi connectivity index (χ1n) is 9.34. The number of carbonyl (C=O) groups is 3. The molecule has 10 heteroatoms. The van der Waals surface area contributed by atoms with E-state index < -0.39 is 22.8 Å². The topological polar surface area (TPSA) is 128 Å². The van der Waals surface area contributed by atoms with Crippen LogP contribution in [0.2, 0.25) is 0 Å². The number of amides is 4. The van der Waals surface area contributed by atoms with E-state index in [-0.39, 0.29) is 23.6 Å². The lowest BCUT2D eigenvalue weighted by molar-refractivity contribution is -0.384. The Morgan fingerprint density at radius 1 is 1.12 bits per heavy atom. The van der Waals surface area contributed by atoms with Crippen molar-refractivity contribution in [3.05, 3.63) is 63.7 Å². The standard InChI is InChI=1S/C22H17N3O7/c1-3-11-32-18-10-5-14(13-19(18)31-4-2)12-17-20(26)23-22(28)24(21(17)27)15-6-8-16(9-7-15)25(29)30/h1,5-10,12-13H,4,11H2,2H3,(H,23,26,28)/b17-12-. The van der Waals surface area contributed by atoms with Gasteiger partial charge in [0.15, 0.2) is 11.5 Å². The highest BCUT2D eigenvalue weighted by molar-refractivity contribution is 6.39. The second kappa shape index (κ2) is 9.44. The van der Waals surface area contributed by atoms with Gasteiger partial charge < -0.3 is 9.47 Å². The molecule has 1 fully saturated rings. The zero-order valence-electron chi connectivity index (χ0n) is 16.9. The summed E-state index contributed by atoms with van der Waals surface area (Å²) < 4.78 is 10.9. The highest BCUT2D eigenvalue weighted by Gasteiger charge is 2.37. The summed E-state index contributed by atoms with van der Waals surface area (Å²) in [7, 11) is 0. The molecule has 0 atom stereocenters. The quantitative estimate of drug-likeness (QED) is 0.233. The Labute approximate surface area is 182 Å². The van der Waals surface area contributed by atoms with E-state index in [0.717, 1.165) is 17.0 Å². The van der Waals surface area contributed by atoms with Crippen molar-refractivity contribution in [1.82, 2.24) is 5.32 Å². The Hall–Kier alpha value is -4.65. The van der Waals surface area contributed by atoms with Crippen molar-refractivity contribution in [2.45, 2.75) is 6.92 Å². The van der Waals surface area contributed by atoms with Gasteiger partial charge in [0.1, 0.15) is 12.2 Å². The molecule has 32 heavy (non-hydrogen) atoms. The lowest BCUT2D eigenvalue weighted by Gasteiger charge is -2.26. The predicted octanol–water partition coefficient (Wildman–Crippen LogP) is 2.67. The van der Waals surface area contributed by atoms with Gasteiger partial charge in [-0.1, -0.05) is 12.0 Å². The smallest absolute Gasteiger partial charge is 0.335 e. The predicted molar refractivity (Wildman–Crippen MR) is 114 cm³/mol. The molecular weight excluding hydrogens is 418 g/mol. The minimum atomic E-state index is -0.959. The molecule has 10 nitrogen and oxygen atoms in total. The van der Waals surface area contributed by atoms with Gasteiger partial charge in [0.25, 0.3) is 17.5 Å². The maximum absolute atomic E-state index is 13.0. The molecule has 0 bridgehead atoms. The van der Waals surface area contributed by atoms with Crippen LogP contribution in [-0.4, -0.2) is 36.0 Å². The van der Waals surface area contributed by atoms with Gasteiger partial charge in [-0.25, -0.2) is 9.69 Å².